The van der Waals surface area contributed by atoms with Crippen LogP contribution in [-0.2, 0) is 22.6 Å². The molecule has 1 saturated heterocycles. The van der Waals surface area contributed by atoms with E-state index < -0.39 is 6.04 Å². The van der Waals surface area contributed by atoms with Gasteiger partial charge in [0, 0.05) is 38.6 Å². The Labute approximate surface area is 185 Å². The van der Waals surface area contributed by atoms with Gasteiger partial charge in [-0.1, -0.05) is 40.2 Å². The first-order valence-corrected chi connectivity index (χ1v) is 10.5. The highest BCUT2D eigenvalue weighted by Gasteiger charge is 2.36. The number of benzene rings is 2. The van der Waals surface area contributed by atoms with Gasteiger partial charge in [-0.15, -0.1) is 0 Å². The molecule has 8 heteroatoms. The number of amides is 2. The van der Waals surface area contributed by atoms with Gasteiger partial charge in [-0.05, 0) is 35.4 Å². The Morgan fingerprint density at radius 1 is 1.13 bits per heavy atom. The van der Waals surface area contributed by atoms with E-state index in [9.17, 15) is 14.7 Å². The molecule has 2 amide bonds. The van der Waals surface area contributed by atoms with Gasteiger partial charge in [-0.3, -0.25) is 9.59 Å². The molecular formula is C22H27BrN4O3. The Morgan fingerprint density at radius 2 is 1.83 bits per heavy atom. The zero-order valence-electron chi connectivity index (χ0n) is 17.5. The fourth-order valence-electron chi connectivity index (χ4n) is 3.51. The van der Waals surface area contributed by atoms with Gasteiger partial charge in [0.05, 0.1) is 13.2 Å². The minimum atomic E-state index is -0.629. The lowest BCUT2D eigenvalue weighted by Gasteiger charge is -2.43. The molecule has 1 atom stereocenters. The molecule has 0 bridgehead atoms. The number of halogens is 1. The molecule has 1 aliphatic rings. The van der Waals surface area contributed by atoms with Crippen LogP contribution in [0.4, 0.5) is 0 Å². The maximum atomic E-state index is 13.5. The molecule has 7 nitrogen and oxygen atoms in total. The summed E-state index contributed by atoms with van der Waals surface area (Å²) in [6.45, 7) is 1.02. The second-order valence-corrected chi connectivity index (χ2v) is 8.60. The lowest BCUT2D eigenvalue weighted by atomic mass is 10.0. The third-order valence-corrected chi connectivity index (χ3v) is 5.83. The first kappa shape index (κ1) is 22.3. The van der Waals surface area contributed by atoms with Crippen molar-refractivity contribution in [2.45, 2.75) is 19.0 Å². The van der Waals surface area contributed by atoms with Crippen molar-refractivity contribution >= 4 is 27.7 Å². The van der Waals surface area contributed by atoms with Crippen molar-refractivity contribution in [3.05, 3.63) is 64.1 Å². The van der Waals surface area contributed by atoms with Crippen LogP contribution in [-0.4, -0.2) is 77.1 Å². The summed E-state index contributed by atoms with van der Waals surface area (Å²) in [5, 5.41) is 13.3. The third kappa shape index (κ3) is 5.38. The second-order valence-electron chi connectivity index (χ2n) is 7.69. The summed E-state index contributed by atoms with van der Waals surface area (Å²) in [5.41, 5.74) is 1.89. The normalized spacial score (nSPS) is 16.5. The summed E-state index contributed by atoms with van der Waals surface area (Å²) in [6, 6.07) is 14.0. The van der Waals surface area contributed by atoms with Crippen molar-refractivity contribution in [2.24, 2.45) is 0 Å². The highest BCUT2D eigenvalue weighted by atomic mass is 79.9. The molecule has 1 fully saturated rings. The number of phenolic OH excluding ortho intramolecular Hbond substituents is 1. The number of likely N-dealkylation sites (N-methyl/N-ethyl adjacent to an activating group) is 2. The average Bonchev–Trinajstić information content (AvgIpc) is 2.70. The second kappa shape index (κ2) is 9.59. The molecule has 1 unspecified atom stereocenters. The van der Waals surface area contributed by atoms with Crippen LogP contribution in [0.5, 0.6) is 5.75 Å². The summed E-state index contributed by atoms with van der Waals surface area (Å²) in [5.74, 6) is -0.0262. The number of hydrogen-bond donors (Lipinski definition) is 1. The molecule has 1 N–H and O–H groups in total. The van der Waals surface area contributed by atoms with Gasteiger partial charge in [-0.25, -0.2) is 10.0 Å². The molecule has 0 saturated carbocycles. The Balaban J connectivity index is 1.84. The fourth-order valence-corrected chi connectivity index (χ4v) is 3.96. The summed E-state index contributed by atoms with van der Waals surface area (Å²) in [7, 11) is 5.51. The lowest BCUT2D eigenvalue weighted by molar-refractivity contribution is -0.164. The highest BCUT2D eigenvalue weighted by Crippen LogP contribution is 2.20. The van der Waals surface area contributed by atoms with Crippen molar-refractivity contribution < 1.29 is 14.7 Å². The molecule has 2 aromatic carbocycles. The molecule has 0 aromatic heterocycles. The van der Waals surface area contributed by atoms with Gasteiger partial charge in [-0.2, -0.15) is 0 Å². The summed E-state index contributed by atoms with van der Waals surface area (Å²) in [4.78, 5) is 29.6. The van der Waals surface area contributed by atoms with Gasteiger partial charge in [0.25, 0.3) is 0 Å². The van der Waals surface area contributed by atoms with Crippen LogP contribution >= 0.6 is 15.9 Å². The smallest absolute Gasteiger partial charge is 0.245 e. The number of hydrazine groups is 1. The molecule has 0 spiro atoms. The third-order valence-electron chi connectivity index (χ3n) is 5.34. The minimum Gasteiger partial charge on any atom is -0.508 e. The largest absolute Gasteiger partial charge is 0.508 e. The van der Waals surface area contributed by atoms with E-state index in [-0.39, 0.29) is 24.1 Å². The van der Waals surface area contributed by atoms with E-state index in [1.165, 1.54) is 0 Å². The molecule has 0 aliphatic carbocycles. The molecule has 1 aliphatic heterocycles. The number of aromatic hydroxyl groups is 1. The molecule has 160 valence electrons. The molecule has 3 rings (SSSR count). The number of nitrogens with zero attached hydrogens (tertiary/aromatic N) is 4. The van der Waals surface area contributed by atoms with Crippen LogP contribution in [0, 0.1) is 0 Å². The maximum Gasteiger partial charge on any atom is 0.245 e. The van der Waals surface area contributed by atoms with Gasteiger partial charge < -0.3 is 14.9 Å². The maximum absolute atomic E-state index is 13.5. The van der Waals surface area contributed by atoms with E-state index >= 15 is 0 Å². The van der Waals surface area contributed by atoms with Crippen molar-refractivity contribution in [1.29, 1.82) is 0 Å². The number of phenols is 1. The van der Waals surface area contributed by atoms with E-state index in [2.05, 4.69) is 15.9 Å². The summed E-state index contributed by atoms with van der Waals surface area (Å²) < 4.78 is 0.956. The Morgan fingerprint density at radius 3 is 2.50 bits per heavy atom. The molecular weight excluding hydrogens is 448 g/mol. The van der Waals surface area contributed by atoms with Crippen molar-refractivity contribution in [3.8, 4) is 5.75 Å². The first-order valence-electron chi connectivity index (χ1n) is 9.73. The van der Waals surface area contributed by atoms with E-state index in [0.29, 0.717) is 19.6 Å². The zero-order valence-corrected chi connectivity index (χ0v) is 19.0. The topological polar surface area (TPSA) is 67.3 Å². The molecule has 0 radical (unpaired) electrons. The molecule has 1 heterocycles. The van der Waals surface area contributed by atoms with E-state index in [0.717, 1.165) is 15.6 Å². The van der Waals surface area contributed by atoms with Crippen LogP contribution < -0.4 is 0 Å². The standard InChI is InChI=1S/C22H27BrN4O3/c1-24(13-17-5-4-6-18(23)11-17)22(30)20(12-16-7-9-19(28)10-8-16)27-15-26(3)25(2)14-21(27)29/h4-11,20,28H,12-15H2,1-3H3. The van der Waals surface area contributed by atoms with Crippen molar-refractivity contribution in [3.63, 3.8) is 0 Å². The predicted octanol–water partition coefficient (Wildman–Crippen LogP) is 2.30. The van der Waals surface area contributed by atoms with Crippen LogP contribution in [0.25, 0.3) is 0 Å². The number of carbonyl (C=O) groups excluding carboxylic acids is 2. The summed E-state index contributed by atoms with van der Waals surface area (Å²) >= 11 is 3.46. The fraction of sp³-hybridized carbons (Fsp3) is 0.364. The summed E-state index contributed by atoms with van der Waals surface area (Å²) in [6.07, 6.45) is 0.380. The molecule has 30 heavy (non-hydrogen) atoms. The van der Waals surface area contributed by atoms with Crippen LogP contribution in [0.1, 0.15) is 11.1 Å². The molecule has 2 aromatic rings. The van der Waals surface area contributed by atoms with Crippen molar-refractivity contribution in [2.75, 3.05) is 34.4 Å². The Hall–Kier alpha value is -2.42. The van der Waals surface area contributed by atoms with Gasteiger partial charge in [0.2, 0.25) is 11.8 Å². The monoisotopic (exact) mass is 474 g/mol. The SMILES string of the molecule is CN(Cc1cccc(Br)c1)C(=O)C(Cc1ccc(O)cc1)N1CN(C)N(C)CC1=O. The van der Waals surface area contributed by atoms with E-state index in [4.69, 9.17) is 0 Å². The minimum absolute atomic E-state index is 0.0800. The van der Waals surface area contributed by atoms with E-state index in [1.54, 1.807) is 41.1 Å². The Bertz CT molecular complexity index is 906. The van der Waals surface area contributed by atoms with Crippen molar-refractivity contribution in [1.82, 2.24) is 19.8 Å². The average molecular weight is 475 g/mol. The highest BCUT2D eigenvalue weighted by molar-refractivity contribution is 9.10. The van der Waals surface area contributed by atoms with Crippen LogP contribution in [0.3, 0.4) is 0 Å². The predicted molar refractivity (Wildman–Crippen MR) is 118 cm³/mol. The van der Waals surface area contributed by atoms with Gasteiger partial charge >= 0.3 is 0 Å². The van der Waals surface area contributed by atoms with Crippen LogP contribution in [0.2, 0.25) is 0 Å². The number of hydrogen-bond acceptors (Lipinski definition) is 5. The Kier molecular flexibility index (Phi) is 7.12. The lowest BCUT2D eigenvalue weighted by Crippen LogP contribution is -2.62. The quantitative estimate of drug-likeness (QED) is 0.695. The number of carbonyl (C=O) groups is 2. The van der Waals surface area contributed by atoms with Gasteiger partial charge in [0.15, 0.2) is 0 Å². The van der Waals surface area contributed by atoms with E-state index in [1.807, 2.05) is 48.4 Å². The number of rotatable bonds is 6. The zero-order chi connectivity index (χ0) is 21.8. The van der Waals surface area contributed by atoms with Crippen LogP contribution in [0.15, 0.2) is 53.0 Å². The van der Waals surface area contributed by atoms with Gasteiger partial charge in [0.1, 0.15) is 11.8 Å². The first-order chi connectivity index (χ1) is 14.2.